The van der Waals surface area contributed by atoms with Crippen molar-refractivity contribution in [3.05, 3.63) is 34.9 Å². The molecule has 0 bridgehead atoms. The van der Waals surface area contributed by atoms with E-state index < -0.39 is 11.8 Å². The molecule has 1 aliphatic heterocycles. The molecule has 0 saturated carbocycles. The molecule has 5 heteroatoms. The molecule has 114 valence electrons. The Hall–Kier alpha value is -1.88. The van der Waals surface area contributed by atoms with Crippen molar-refractivity contribution < 1.29 is 14.6 Å². The molecule has 0 aromatic heterocycles. The highest BCUT2D eigenvalue weighted by atomic mass is 16.5. The zero-order valence-corrected chi connectivity index (χ0v) is 13.1. The normalized spacial score (nSPS) is 24.7. The first-order chi connectivity index (χ1) is 9.79. The van der Waals surface area contributed by atoms with Crippen molar-refractivity contribution in [2.75, 3.05) is 7.11 Å². The van der Waals surface area contributed by atoms with E-state index in [4.69, 9.17) is 4.74 Å². The molecule has 0 radical (unpaired) electrons. The lowest BCUT2D eigenvalue weighted by molar-refractivity contribution is 0.0600. The van der Waals surface area contributed by atoms with Crippen LogP contribution in [0.25, 0.3) is 0 Å². The number of aryl methyl sites for hydroxylation is 1. The molecule has 0 aliphatic carbocycles. The molecule has 0 fully saturated rings. The Balaban J connectivity index is 2.33. The van der Waals surface area contributed by atoms with Gasteiger partial charge in [-0.25, -0.2) is 9.79 Å². The summed E-state index contributed by atoms with van der Waals surface area (Å²) in [6, 6.07) is 5.30. The maximum atomic E-state index is 11.5. The summed E-state index contributed by atoms with van der Waals surface area (Å²) in [5.74, 6) is 0.522. The van der Waals surface area contributed by atoms with Crippen LogP contribution in [0.3, 0.4) is 0 Å². The fraction of sp³-hybridized carbons (Fsp3) is 0.500. The smallest absolute Gasteiger partial charge is 0.337 e. The molecule has 2 rings (SSSR count). The predicted octanol–water partition coefficient (Wildman–Crippen LogP) is 1.86. The van der Waals surface area contributed by atoms with Gasteiger partial charge in [0.15, 0.2) is 6.23 Å². The number of nitrogens with one attached hydrogen (secondary N) is 1. The van der Waals surface area contributed by atoms with Crippen molar-refractivity contribution in [1.29, 1.82) is 0 Å². The Morgan fingerprint density at radius 1 is 1.48 bits per heavy atom. The third kappa shape index (κ3) is 2.65. The number of carbonyl (C=O) groups excluding carboxylic acids is 1. The molecular formula is C16H22N2O3. The van der Waals surface area contributed by atoms with Crippen LogP contribution in [0.15, 0.2) is 23.2 Å². The molecule has 0 spiro atoms. The fourth-order valence-corrected chi connectivity index (χ4v) is 2.36. The van der Waals surface area contributed by atoms with Crippen molar-refractivity contribution in [3.8, 4) is 0 Å². The van der Waals surface area contributed by atoms with E-state index in [1.807, 2.05) is 33.8 Å². The number of aliphatic hydroxyl groups is 1. The molecule has 1 heterocycles. The number of hydrogen-bond donors (Lipinski definition) is 2. The van der Waals surface area contributed by atoms with E-state index in [-0.39, 0.29) is 11.9 Å². The van der Waals surface area contributed by atoms with Gasteiger partial charge in [0.05, 0.1) is 18.2 Å². The first-order valence-corrected chi connectivity index (χ1v) is 7.03. The van der Waals surface area contributed by atoms with Crippen molar-refractivity contribution >= 4 is 11.8 Å². The third-order valence-electron chi connectivity index (χ3n) is 4.28. The summed E-state index contributed by atoms with van der Waals surface area (Å²) in [5.41, 5.74) is 1.81. The highest BCUT2D eigenvalue weighted by Gasteiger charge is 2.42. The Labute approximate surface area is 125 Å². The molecule has 1 aliphatic rings. The number of esters is 1. The van der Waals surface area contributed by atoms with E-state index in [0.29, 0.717) is 11.4 Å². The molecule has 2 unspecified atom stereocenters. The SMILES string of the molecule is COC(=O)c1ccc(C2=NC(O)C(C)(C(C)C)N2)c(C)c1. The first kappa shape index (κ1) is 15.5. The predicted molar refractivity (Wildman–Crippen MR) is 81.4 cm³/mol. The second-order valence-electron chi connectivity index (χ2n) is 5.94. The lowest BCUT2D eigenvalue weighted by Gasteiger charge is -2.32. The number of carbonyl (C=O) groups is 1. The summed E-state index contributed by atoms with van der Waals surface area (Å²) < 4.78 is 4.71. The van der Waals surface area contributed by atoms with Crippen molar-refractivity contribution in [2.24, 2.45) is 10.9 Å². The summed E-state index contributed by atoms with van der Waals surface area (Å²) >= 11 is 0. The summed E-state index contributed by atoms with van der Waals surface area (Å²) in [7, 11) is 1.36. The van der Waals surface area contributed by atoms with Gasteiger partial charge in [-0.3, -0.25) is 0 Å². The van der Waals surface area contributed by atoms with E-state index in [0.717, 1.165) is 11.1 Å². The van der Waals surface area contributed by atoms with Gasteiger partial charge in [-0.2, -0.15) is 0 Å². The van der Waals surface area contributed by atoms with E-state index in [1.165, 1.54) is 7.11 Å². The number of nitrogens with zero attached hydrogens (tertiary/aromatic N) is 1. The highest BCUT2D eigenvalue weighted by molar-refractivity contribution is 6.02. The Bertz CT molecular complexity index is 595. The maximum absolute atomic E-state index is 11.5. The van der Waals surface area contributed by atoms with E-state index in [9.17, 15) is 9.90 Å². The molecule has 0 saturated heterocycles. The minimum Gasteiger partial charge on any atom is -0.465 e. The van der Waals surface area contributed by atoms with Gasteiger partial charge in [0.1, 0.15) is 5.84 Å². The van der Waals surface area contributed by atoms with Gasteiger partial charge in [0.25, 0.3) is 0 Å². The van der Waals surface area contributed by atoms with Crippen molar-refractivity contribution in [3.63, 3.8) is 0 Å². The number of hydrogen-bond acceptors (Lipinski definition) is 5. The average Bonchev–Trinajstić information content (AvgIpc) is 2.74. The van der Waals surface area contributed by atoms with Crippen LogP contribution in [0.1, 0.15) is 42.3 Å². The van der Waals surface area contributed by atoms with Gasteiger partial charge in [0, 0.05) is 5.56 Å². The standard InChI is InChI=1S/C16H22N2O3/c1-9(2)16(4)15(20)17-13(18-16)12-7-6-11(8-10(12)3)14(19)21-5/h6-9,15,20H,1-5H3,(H,17,18). The quantitative estimate of drug-likeness (QED) is 0.834. The van der Waals surface area contributed by atoms with Crippen molar-refractivity contribution in [2.45, 2.75) is 39.5 Å². The zero-order chi connectivity index (χ0) is 15.8. The Morgan fingerprint density at radius 2 is 2.14 bits per heavy atom. The van der Waals surface area contributed by atoms with E-state index in [1.54, 1.807) is 12.1 Å². The van der Waals surface area contributed by atoms with Crippen LogP contribution in [0.4, 0.5) is 0 Å². The lowest BCUT2D eigenvalue weighted by Crippen LogP contribution is -2.52. The van der Waals surface area contributed by atoms with Crippen LogP contribution < -0.4 is 5.32 Å². The lowest BCUT2D eigenvalue weighted by atomic mass is 9.87. The molecule has 2 N–H and O–H groups in total. The van der Waals surface area contributed by atoms with Crippen molar-refractivity contribution in [1.82, 2.24) is 5.32 Å². The topological polar surface area (TPSA) is 70.9 Å². The van der Waals surface area contributed by atoms with Gasteiger partial charge >= 0.3 is 5.97 Å². The van der Waals surface area contributed by atoms with Gasteiger partial charge in [0.2, 0.25) is 0 Å². The number of aliphatic imine (C=N–C) groups is 1. The third-order valence-corrected chi connectivity index (χ3v) is 4.28. The maximum Gasteiger partial charge on any atom is 0.337 e. The number of amidine groups is 1. The zero-order valence-electron chi connectivity index (χ0n) is 13.1. The Morgan fingerprint density at radius 3 is 2.62 bits per heavy atom. The number of ether oxygens (including phenoxy) is 1. The van der Waals surface area contributed by atoms with Crippen LogP contribution in [-0.4, -0.2) is 35.8 Å². The Kier molecular flexibility index (Phi) is 4.05. The molecule has 0 amide bonds. The number of methoxy groups -OCH3 is 1. The van der Waals surface area contributed by atoms with E-state index in [2.05, 4.69) is 10.3 Å². The van der Waals surface area contributed by atoms with Crippen LogP contribution in [0.2, 0.25) is 0 Å². The summed E-state index contributed by atoms with van der Waals surface area (Å²) in [6.45, 7) is 7.95. The largest absolute Gasteiger partial charge is 0.465 e. The fourth-order valence-electron chi connectivity index (χ4n) is 2.36. The van der Waals surface area contributed by atoms with Crippen LogP contribution in [0, 0.1) is 12.8 Å². The van der Waals surface area contributed by atoms with Gasteiger partial charge in [-0.1, -0.05) is 19.9 Å². The molecule has 21 heavy (non-hydrogen) atoms. The van der Waals surface area contributed by atoms with Gasteiger partial charge in [-0.15, -0.1) is 0 Å². The van der Waals surface area contributed by atoms with Gasteiger partial charge < -0.3 is 15.2 Å². The number of benzene rings is 1. The minimum absolute atomic E-state index is 0.225. The van der Waals surface area contributed by atoms with Crippen LogP contribution in [0.5, 0.6) is 0 Å². The van der Waals surface area contributed by atoms with Crippen LogP contribution >= 0.6 is 0 Å². The average molecular weight is 290 g/mol. The number of rotatable bonds is 3. The summed E-state index contributed by atoms with van der Waals surface area (Å²) in [4.78, 5) is 15.9. The molecule has 5 nitrogen and oxygen atoms in total. The molecular weight excluding hydrogens is 268 g/mol. The first-order valence-electron chi connectivity index (χ1n) is 7.03. The molecule has 1 aromatic rings. The second-order valence-corrected chi connectivity index (χ2v) is 5.94. The van der Waals surface area contributed by atoms with Crippen LogP contribution in [-0.2, 0) is 4.74 Å². The van der Waals surface area contributed by atoms with E-state index >= 15 is 0 Å². The highest BCUT2D eigenvalue weighted by Crippen LogP contribution is 2.28. The monoisotopic (exact) mass is 290 g/mol. The summed E-state index contributed by atoms with van der Waals surface area (Å²) in [5, 5.41) is 13.5. The van der Waals surface area contributed by atoms with Gasteiger partial charge in [-0.05, 0) is 37.5 Å². The molecule has 2 atom stereocenters. The minimum atomic E-state index is -0.785. The second kappa shape index (κ2) is 5.48. The number of aliphatic hydroxyl groups excluding tert-OH is 1. The summed E-state index contributed by atoms with van der Waals surface area (Å²) in [6.07, 6.45) is -0.785. The molecule has 1 aromatic carbocycles.